The third-order valence-electron chi connectivity index (χ3n) is 5.32. The number of aromatic nitrogens is 2. The van der Waals surface area contributed by atoms with Crippen molar-refractivity contribution in [3.8, 4) is 5.75 Å². The number of benzene rings is 2. The fourth-order valence-electron chi connectivity index (χ4n) is 3.68. The molecule has 2 aromatic carbocycles. The molecule has 1 N–H and O–H groups in total. The first-order valence-corrected chi connectivity index (χ1v) is 10.4. The van der Waals surface area contributed by atoms with Crippen LogP contribution in [-0.4, -0.2) is 39.8 Å². The number of aryl methyl sites for hydroxylation is 1. The smallest absolute Gasteiger partial charge is 0.261 e. The minimum Gasteiger partial charge on any atom is -0.484 e. The van der Waals surface area contributed by atoms with Crippen LogP contribution in [0.3, 0.4) is 0 Å². The predicted octanol–water partition coefficient (Wildman–Crippen LogP) is 3.92. The molecular weight excluding hydrogens is 411 g/mol. The number of ether oxygens (including phenoxy) is 1. The van der Waals surface area contributed by atoms with Gasteiger partial charge in [-0.3, -0.25) is 9.59 Å². The maximum atomic E-state index is 13.0. The molecule has 2 heterocycles. The van der Waals surface area contributed by atoms with Crippen molar-refractivity contribution in [2.24, 2.45) is 0 Å². The molecule has 1 aliphatic rings. The lowest BCUT2D eigenvalue weighted by Crippen LogP contribution is -2.35. The van der Waals surface area contributed by atoms with Crippen molar-refractivity contribution in [1.82, 2.24) is 14.9 Å². The molecule has 4 rings (SSSR count). The summed E-state index contributed by atoms with van der Waals surface area (Å²) < 4.78 is 18.5. The van der Waals surface area contributed by atoms with Gasteiger partial charge in [-0.15, -0.1) is 0 Å². The van der Waals surface area contributed by atoms with E-state index in [0.717, 1.165) is 12.8 Å². The summed E-state index contributed by atoms with van der Waals surface area (Å²) in [5.74, 6) is 0.0933. The summed E-state index contributed by atoms with van der Waals surface area (Å²) in [5, 5.41) is 2.83. The first-order chi connectivity index (χ1) is 15.5. The topological polar surface area (TPSA) is 84.4 Å². The highest BCUT2D eigenvalue weighted by Crippen LogP contribution is 2.30. The molecule has 2 amide bonds. The third-order valence-corrected chi connectivity index (χ3v) is 5.32. The molecule has 0 bridgehead atoms. The number of anilines is 1. The van der Waals surface area contributed by atoms with Crippen LogP contribution in [0.1, 0.15) is 40.8 Å². The Morgan fingerprint density at radius 1 is 1.16 bits per heavy atom. The number of carbonyl (C=O) groups is 2. The molecular formula is C24H23FN4O3. The van der Waals surface area contributed by atoms with Gasteiger partial charge in [0.15, 0.2) is 12.4 Å². The van der Waals surface area contributed by atoms with Gasteiger partial charge in [0.05, 0.1) is 17.3 Å². The van der Waals surface area contributed by atoms with Gasteiger partial charge in [-0.25, -0.2) is 14.4 Å². The Balaban J connectivity index is 1.42. The number of amides is 2. The molecule has 32 heavy (non-hydrogen) atoms. The normalized spacial score (nSPS) is 15.4. The number of nitrogens with zero attached hydrogens (tertiary/aromatic N) is 3. The summed E-state index contributed by atoms with van der Waals surface area (Å²) >= 11 is 0. The second-order valence-electron chi connectivity index (χ2n) is 7.54. The van der Waals surface area contributed by atoms with E-state index < -0.39 is 0 Å². The lowest BCUT2D eigenvalue weighted by molar-refractivity contribution is -0.134. The maximum Gasteiger partial charge on any atom is 0.261 e. The van der Waals surface area contributed by atoms with Crippen LogP contribution in [0.2, 0.25) is 0 Å². The molecule has 7 nitrogen and oxygen atoms in total. The Bertz CT molecular complexity index is 1110. The minimum absolute atomic E-state index is 0.154. The highest BCUT2D eigenvalue weighted by atomic mass is 19.1. The third kappa shape index (κ3) is 4.91. The van der Waals surface area contributed by atoms with E-state index in [-0.39, 0.29) is 30.3 Å². The van der Waals surface area contributed by atoms with E-state index in [2.05, 4.69) is 15.3 Å². The number of halogens is 1. The average Bonchev–Trinajstić information content (AvgIpc) is 3.29. The Kier molecular flexibility index (Phi) is 6.39. The van der Waals surface area contributed by atoms with Gasteiger partial charge in [0.25, 0.3) is 11.8 Å². The summed E-state index contributed by atoms with van der Waals surface area (Å²) in [6.07, 6.45) is 3.06. The van der Waals surface area contributed by atoms with Crippen LogP contribution in [0.5, 0.6) is 5.75 Å². The standard InChI is InChI=1S/C24H23FN4O3/c1-16-20(24(31)28-18-6-3-2-4-7-18)14-26-23(27-16)21-8-5-13-29(21)22(30)15-32-19-11-9-17(25)10-12-19/h2-4,6-7,9-12,14,21H,5,8,13,15H2,1H3,(H,28,31). The number of likely N-dealkylation sites (tertiary alicyclic amines) is 1. The van der Waals surface area contributed by atoms with Crippen molar-refractivity contribution in [2.45, 2.75) is 25.8 Å². The van der Waals surface area contributed by atoms with Crippen LogP contribution in [0.15, 0.2) is 60.8 Å². The quantitative estimate of drug-likeness (QED) is 0.636. The van der Waals surface area contributed by atoms with Crippen LogP contribution in [0.25, 0.3) is 0 Å². The van der Waals surface area contributed by atoms with E-state index in [1.165, 1.54) is 30.5 Å². The van der Waals surface area contributed by atoms with Crippen molar-refractivity contribution in [1.29, 1.82) is 0 Å². The molecule has 0 spiro atoms. The molecule has 3 aromatic rings. The summed E-state index contributed by atoms with van der Waals surface area (Å²) in [7, 11) is 0. The Morgan fingerprint density at radius 3 is 2.62 bits per heavy atom. The van der Waals surface area contributed by atoms with Crippen molar-refractivity contribution < 1.29 is 18.7 Å². The van der Waals surface area contributed by atoms with Gasteiger partial charge in [-0.1, -0.05) is 18.2 Å². The maximum absolute atomic E-state index is 13.0. The average molecular weight is 434 g/mol. The van der Waals surface area contributed by atoms with E-state index in [1.54, 1.807) is 24.0 Å². The second kappa shape index (κ2) is 9.55. The highest BCUT2D eigenvalue weighted by Gasteiger charge is 2.32. The molecule has 164 valence electrons. The molecule has 1 aromatic heterocycles. The van der Waals surface area contributed by atoms with Gasteiger partial charge in [0.2, 0.25) is 0 Å². The van der Waals surface area contributed by atoms with Gasteiger partial charge in [0.1, 0.15) is 11.6 Å². The number of hydrogen-bond donors (Lipinski definition) is 1. The van der Waals surface area contributed by atoms with Crippen LogP contribution in [-0.2, 0) is 4.79 Å². The molecule has 1 aliphatic heterocycles. The van der Waals surface area contributed by atoms with Gasteiger partial charge in [-0.2, -0.15) is 0 Å². The van der Waals surface area contributed by atoms with Gasteiger partial charge < -0.3 is 15.0 Å². The fraction of sp³-hybridized carbons (Fsp3) is 0.250. The lowest BCUT2D eigenvalue weighted by Gasteiger charge is -2.24. The summed E-state index contributed by atoms with van der Waals surface area (Å²) in [5.41, 5.74) is 1.62. The first-order valence-electron chi connectivity index (χ1n) is 10.4. The van der Waals surface area contributed by atoms with E-state index in [9.17, 15) is 14.0 Å². The molecule has 0 radical (unpaired) electrons. The van der Waals surface area contributed by atoms with Crippen LogP contribution >= 0.6 is 0 Å². The zero-order chi connectivity index (χ0) is 22.5. The SMILES string of the molecule is Cc1nc(C2CCCN2C(=O)COc2ccc(F)cc2)ncc1C(=O)Nc1ccccc1. The fourth-order valence-corrected chi connectivity index (χ4v) is 3.68. The lowest BCUT2D eigenvalue weighted by atomic mass is 10.1. The highest BCUT2D eigenvalue weighted by molar-refractivity contribution is 6.04. The summed E-state index contributed by atoms with van der Waals surface area (Å²) in [4.78, 5) is 35.9. The molecule has 8 heteroatoms. The van der Waals surface area contributed by atoms with E-state index in [1.807, 2.05) is 18.2 Å². The number of carbonyl (C=O) groups excluding carboxylic acids is 2. The number of para-hydroxylation sites is 1. The number of nitrogens with one attached hydrogen (secondary N) is 1. The molecule has 1 unspecified atom stereocenters. The molecule has 1 atom stereocenters. The second-order valence-corrected chi connectivity index (χ2v) is 7.54. The van der Waals surface area contributed by atoms with Crippen LogP contribution in [0, 0.1) is 12.7 Å². The monoisotopic (exact) mass is 434 g/mol. The van der Waals surface area contributed by atoms with Crippen molar-refractivity contribution >= 4 is 17.5 Å². The first kappa shape index (κ1) is 21.4. The number of rotatable bonds is 6. The Hall–Kier alpha value is -3.81. The zero-order valence-corrected chi connectivity index (χ0v) is 17.6. The van der Waals surface area contributed by atoms with E-state index >= 15 is 0 Å². The largest absolute Gasteiger partial charge is 0.484 e. The van der Waals surface area contributed by atoms with E-state index in [4.69, 9.17) is 4.74 Å². The van der Waals surface area contributed by atoms with Crippen molar-refractivity contribution in [3.63, 3.8) is 0 Å². The van der Waals surface area contributed by atoms with Gasteiger partial charge >= 0.3 is 0 Å². The number of hydrogen-bond acceptors (Lipinski definition) is 5. The van der Waals surface area contributed by atoms with Gasteiger partial charge in [0, 0.05) is 18.4 Å². The Labute approximate surface area is 185 Å². The molecule has 0 saturated carbocycles. The zero-order valence-electron chi connectivity index (χ0n) is 17.6. The van der Waals surface area contributed by atoms with Crippen LogP contribution < -0.4 is 10.1 Å². The van der Waals surface area contributed by atoms with E-state index in [0.29, 0.717) is 35.1 Å². The molecule has 1 fully saturated rings. The minimum atomic E-state index is -0.364. The predicted molar refractivity (Wildman–Crippen MR) is 117 cm³/mol. The van der Waals surface area contributed by atoms with Crippen molar-refractivity contribution in [2.75, 3.05) is 18.5 Å². The van der Waals surface area contributed by atoms with Crippen molar-refractivity contribution in [3.05, 3.63) is 83.7 Å². The summed E-state index contributed by atoms with van der Waals surface area (Å²) in [6.45, 7) is 2.18. The van der Waals surface area contributed by atoms with Gasteiger partial charge in [-0.05, 0) is 56.2 Å². The molecule has 1 saturated heterocycles. The Morgan fingerprint density at radius 2 is 1.91 bits per heavy atom. The summed E-state index contributed by atoms with van der Waals surface area (Å²) in [6, 6.07) is 14.4. The molecule has 0 aliphatic carbocycles. The van der Waals surface area contributed by atoms with Crippen LogP contribution in [0.4, 0.5) is 10.1 Å².